The molecule has 0 aliphatic carbocycles. The van der Waals surface area contributed by atoms with Crippen molar-refractivity contribution in [3.63, 3.8) is 0 Å². The predicted octanol–water partition coefficient (Wildman–Crippen LogP) is -0.595. The van der Waals surface area contributed by atoms with E-state index in [9.17, 15) is 21.2 Å². The van der Waals surface area contributed by atoms with Crippen molar-refractivity contribution in [2.75, 3.05) is 0 Å². The van der Waals surface area contributed by atoms with Gasteiger partial charge in [-0.1, -0.05) is 0 Å². The van der Waals surface area contributed by atoms with Gasteiger partial charge in [-0.05, 0) is 0 Å². The van der Waals surface area contributed by atoms with Crippen molar-refractivity contribution < 1.29 is 30.3 Å². The van der Waals surface area contributed by atoms with E-state index in [2.05, 4.69) is 0 Å². The largest absolute Gasteiger partial charge is 0.354 e. The van der Waals surface area contributed by atoms with Gasteiger partial charge in [-0.25, -0.2) is 4.39 Å². The Labute approximate surface area is 62.5 Å². The Hall–Kier alpha value is -0.250. The summed E-state index contributed by atoms with van der Waals surface area (Å²) >= 11 is 0. The van der Waals surface area contributed by atoms with Crippen LogP contribution in [0.3, 0.4) is 0 Å². The van der Waals surface area contributed by atoms with Crippen LogP contribution in [-0.4, -0.2) is 30.3 Å². The molecular weight excluding hydrogens is 203 g/mol. The van der Waals surface area contributed by atoms with Crippen molar-refractivity contribution in [3.05, 3.63) is 0 Å². The molecule has 11 heavy (non-hydrogen) atoms. The van der Waals surface area contributed by atoms with Crippen LogP contribution in [0.5, 0.6) is 0 Å². The van der Waals surface area contributed by atoms with Gasteiger partial charge in [0.15, 0.2) is 0 Å². The van der Waals surface area contributed by atoms with Crippen LogP contribution >= 0.6 is 0 Å². The Bertz CT molecular complexity index is 301. The summed E-state index contributed by atoms with van der Waals surface area (Å²) < 4.78 is 64.0. The fourth-order valence-electron chi connectivity index (χ4n) is 0.133. The van der Waals surface area contributed by atoms with Crippen LogP contribution in [0.2, 0.25) is 0 Å². The van der Waals surface area contributed by atoms with Crippen molar-refractivity contribution in [2.24, 2.45) is 0 Å². The van der Waals surface area contributed by atoms with Crippen LogP contribution in [-0.2, 0) is 20.2 Å². The van der Waals surface area contributed by atoms with E-state index >= 15 is 0 Å². The lowest BCUT2D eigenvalue weighted by Crippen LogP contribution is -2.38. The molecule has 0 fully saturated rings. The molecule has 0 spiro atoms. The molecular formula is C2H5FO6S2. The molecule has 0 unspecified atom stereocenters. The number of halogens is 1. The third-order valence-corrected chi connectivity index (χ3v) is 4.03. The molecule has 0 heterocycles. The summed E-state index contributed by atoms with van der Waals surface area (Å²) in [5.74, 6) is 0. The second-order valence-electron chi connectivity index (χ2n) is 1.78. The lowest BCUT2D eigenvalue weighted by atomic mass is 10.9. The van der Waals surface area contributed by atoms with Gasteiger partial charge in [0.2, 0.25) is 0 Å². The predicted molar refractivity (Wildman–Crippen MR) is 32.6 cm³/mol. The standard InChI is InChI=1S/C2H5FO6S2/c1-2(3,10(4,5)6)11(7,8)9/h1H3,(H,4,5,6)(H,7,8,9). The zero-order valence-corrected chi connectivity index (χ0v) is 6.85. The Morgan fingerprint density at radius 1 is 1.09 bits per heavy atom. The number of hydrogen-bond donors (Lipinski definition) is 2. The molecule has 9 heteroatoms. The van der Waals surface area contributed by atoms with Gasteiger partial charge in [-0.3, -0.25) is 9.11 Å². The lowest BCUT2D eigenvalue weighted by molar-refractivity contribution is 0.319. The molecule has 0 radical (unpaired) electrons. The van der Waals surface area contributed by atoms with Gasteiger partial charge in [-0.2, -0.15) is 16.8 Å². The molecule has 6 nitrogen and oxygen atoms in total. The summed E-state index contributed by atoms with van der Waals surface area (Å²) in [4.78, 5) is 0. The van der Waals surface area contributed by atoms with E-state index in [1.54, 1.807) is 0 Å². The molecule has 0 rings (SSSR count). The highest BCUT2D eigenvalue weighted by molar-refractivity contribution is 8.04. The highest BCUT2D eigenvalue weighted by Gasteiger charge is 2.51. The van der Waals surface area contributed by atoms with Crippen LogP contribution < -0.4 is 0 Å². The van der Waals surface area contributed by atoms with E-state index in [0.717, 1.165) is 0 Å². The highest BCUT2D eigenvalue weighted by atomic mass is 32.3. The molecule has 0 aromatic carbocycles. The van der Waals surface area contributed by atoms with Crippen LogP contribution in [0.15, 0.2) is 0 Å². The number of alkyl halides is 1. The van der Waals surface area contributed by atoms with Crippen molar-refractivity contribution in [1.29, 1.82) is 0 Å². The first-order chi connectivity index (χ1) is 4.50. The molecule has 2 N–H and O–H groups in total. The zero-order valence-electron chi connectivity index (χ0n) is 5.22. The maximum atomic E-state index is 12.4. The molecule has 0 aromatic rings. The van der Waals surface area contributed by atoms with E-state index in [1.807, 2.05) is 0 Å². The summed E-state index contributed by atoms with van der Waals surface area (Å²) in [5.41, 5.74) is 0. The average Bonchev–Trinajstić information content (AvgIpc) is 1.58. The van der Waals surface area contributed by atoms with Gasteiger partial charge in [0, 0.05) is 6.92 Å². The first-order valence-corrected chi connectivity index (χ1v) is 5.01. The summed E-state index contributed by atoms with van der Waals surface area (Å²) in [6.07, 6.45) is 0. The van der Waals surface area contributed by atoms with E-state index in [4.69, 9.17) is 9.11 Å². The van der Waals surface area contributed by atoms with Crippen molar-refractivity contribution in [2.45, 2.75) is 11.3 Å². The van der Waals surface area contributed by atoms with Crippen molar-refractivity contribution in [3.8, 4) is 0 Å². The topological polar surface area (TPSA) is 109 Å². The summed E-state index contributed by atoms with van der Waals surface area (Å²) in [6.45, 7) is 0.0116. The minimum absolute atomic E-state index is 0.0116. The Kier molecular flexibility index (Phi) is 2.32. The monoisotopic (exact) mass is 208 g/mol. The van der Waals surface area contributed by atoms with E-state index in [0.29, 0.717) is 0 Å². The Balaban J connectivity index is 5.45. The zero-order chi connectivity index (χ0) is 9.50. The van der Waals surface area contributed by atoms with Crippen LogP contribution in [0.1, 0.15) is 6.92 Å². The SMILES string of the molecule is CC(F)(S(=O)(=O)O)S(=O)(=O)O. The fourth-order valence-corrected chi connectivity index (χ4v) is 1.20. The third kappa shape index (κ3) is 1.86. The fraction of sp³-hybridized carbons (Fsp3) is 1.00. The van der Waals surface area contributed by atoms with Crippen LogP contribution in [0, 0.1) is 0 Å². The third-order valence-electron chi connectivity index (χ3n) is 0.922. The molecule has 0 saturated heterocycles. The van der Waals surface area contributed by atoms with E-state index < -0.39 is 24.6 Å². The minimum Gasteiger partial charge on any atom is -0.282 e. The summed E-state index contributed by atoms with van der Waals surface area (Å²) in [6, 6.07) is 0. The van der Waals surface area contributed by atoms with Gasteiger partial charge >= 0.3 is 24.6 Å². The normalized spacial score (nSPS) is 14.9. The first kappa shape index (κ1) is 10.8. The Morgan fingerprint density at radius 3 is 1.27 bits per heavy atom. The Morgan fingerprint density at radius 2 is 1.27 bits per heavy atom. The van der Waals surface area contributed by atoms with E-state index in [-0.39, 0.29) is 6.92 Å². The highest BCUT2D eigenvalue weighted by Crippen LogP contribution is 2.23. The summed E-state index contributed by atoms with van der Waals surface area (Å²) in [7, 11) is -10.9. The quantitative estimate of drug-likeness (QED) is 0.587. The molecule has 0 amide bonds. The maximum absolute atomic E-state index is 12.4. The molecule has 0 aliphatic heterocycles. The van der Waals surface area contributed by atoms with Crippen LogP contribution in [0.4, 0.5) is 4.39 Å². The molecule has 0 aliphatic rings. The van der Waals surface area contributed by atoms with E-state index in [1.165, 1.54) is 0 Å². The van der Waals surface area contributed by atoms with Gasteiger partial charge in [0.25, 0.3) is 0 Å². The molecule has 0 aromatic heterocycles. The van der Waals surface area contributed by atoms with Crippen molar-refractivity contribution >= 4 is 20.2 Å². The molecule has 0 saturated carbocycles. The van der Waals surface area contributed by atoms with Gasteiger partial charge in [-0.15, -0.1) is 0 Å². The average molecular weight is 208 g/mol. The minimum atomic E-state index is -5.46. The first-order valence-electron chi connectivity index (χ1n) is 2.13. The number of rotatable bonds is 2. The second kappa shape index (κ2) is 2.37. The van der Waals surface area contributed by atoms with Crippen LogP contribution in [0.25, 0.3) is 0 Å². The second-order valence-corrected chi connectivity index (χ2v) is 5.48. The van der Waals surface area contributed by atoms with Gasteiger partial charge in [0.1, 0.15) is 0 Å². The van der Waals surface area contributed by atoms with Gasteiger partial charge in [0.05, 0.1) is 0 Å². The smallest absolute Gasteiger partial charge is 0.282 e. The van der Waals surface area contributed by atoms with Gasteiger partial charge < -0.3 is 0 Å². The van der Waals surface area contributed by atoms with Crippen molar-refractivity contribution in [1.82, 2.24) is 0 Å². The molecule has 0 bridgehead atoms. The maximum Gasteiger partial charge on any atom is 0.354 e. The number of hydrogen-bond acceptors (Lipinski definition) is 4. The summed E-state index contributed by atoms with van der Waals surface area (Å²) in [5, 5.41) is 0. The molecule has 68 valence electrons. The lowest BCUT2D eigenvalue weighted by Gasteiger charge is -2.11. The molecule has 0 atom stereocenters.